The van der Waals surface area contributed by atoms with Crippen molar-refractivity contribution in [2.75, 3.05) is 5.32 Å². The Bertz CT molecular complexity index is 770. The third kappa shape index (κ3) is 2.32. The van der Waals surface area contributed by atoms with Crippen LogP contribution < -0.4 is 16.8 Å². The lowest BCUT2D eigenvalue weighted by Gasteiger charge is -2.18. The number of amides is 3. The molecule has 0 radical (unpaired) electrons. The number of halogens is 1. The number of carbonyl (C=O) groups is 2. The molecule has 0 unspecified atom stereocenters. The summed E-state index contributed by atoms with van der Waals surface area (Å²) >= 11 is 4.89. The van der Waals surface area contributed by atoms with E-state index in [2.05, 4.69) is 21.2 Å². The van der Waals surface area contributed by atoms with Gasteiger partial charge in [0.25, 0.3) is 5.91 Å². The second kappa shape index (κ2) is 5.16. The first kappa shape index (κ1) is 14.1. The molecule has 0 atom stereocenters. The SMILES string of the molecule is NC(=O)Nc1sc2c(c1C(N)=O)CCc1c(Br)cccc1-2. The van der Waals surface area contributed by atoms with E-state index in [9.17, 15) is 9.59 Å². The van der Waals surface area contributed by atoms with Gasteiger partial charge in [-0.25, -0.2) is 4.79 Å². The number of urea groups is 1. The van der Waals surface area contributed by atoms with E-state index in [1.54, 1.807) is 0 Å². The van der Waals surface area contributed by atoms with Crippen molar-refractivity contribution in [3.8, 4) is 10.4 Å². The number of anilines is 1. The first-order valence-electron chi connectivity index (χ1n) is 6.28. The average Bonchev–Trinajstić information content (AvgIpc) is 2.76. The van der Waals surface area contributed by atoms with E-state index in [0.29, 0.717) is 17.0 Å². The molecule has 3 amide bonds. The van der Waals surface area contributed by atoms with Crippen LogP contribution in [0.15, 0.2) is 22.7 Å². The van der Waals surface area contributed by atoms with Gasteiger partial charge in [-0.05, 0) is 35.6 Å². The molecule has 0 fully saturated rings. The summed E-state index contributed by atoms with van der Waals surface area (Å²) in [6, 6.07) is 5.25. The highest BCUT2D eigenvalue weighted by Gasteiger charge is 2.28. The minimum Gasteiger partial charge on any atom is -0.365 e. The van der Waals surface area contributed by atoms with Gasteiger partial charge in [-0.15, -0.1) is 11.3 Å². The molecule has 1 aromatic heterocycles. The Morgan fingerprint density at radius 2 is 1.90 bits per heavy atom. The highest BCUT2D eigenvalue weighted by molar-refractivity contribution is 9.10. The van der Waals surface area contributed by atoms with Gasteiger partial charge in [-0.3, -0.25) is 10.1 Å². The maximum absolute atomic E-state index is 11.7. The van der Waals surface area contributed by atoms with Gasteiger partial charge in [0.1, 0.15) is 5.00 Å². The number of hydrogen-bond acceptors (Lipinski definition) is 3. The first-order chi connectivity index (χ1) is 9.99. The molecule has 0 saturated heterocycles. The minimum absolute atomic E-state index is 0.374. The number of primary amides is 2. The normalized spacial score (nSPS) is 12.4. The molecule has 3 rings (SSSR count). The Morgan fingerprint density at radius 3 is 2.57 bits per heavy atom. The van der Waals surface area contributed by atoms with E-state index in [1.807, 2.05) is 18.2 Å². The fraction of sp³-hybridized carbons (Fsp3) is 0.143. The summed E-state index contributed by atoms with van der Waals surface area (Å²) in [6.07, 6.45) is 1.52. The van der Waals surface area contributed by atoms with E-state index >= 15 is 0 Å². The molecule has 21 heavy (non-hydrogen) atoms. The molecular formula is C14H12BrN3O2S. The van der Waals surface area contributed by atoms with Crippen LogP contribution in [0.1, 0.15) is 21.5 Å². The molecule has 5 N–H and O–H groups in total. The van der Waals surface area contributed by atoms with Crippen LogP contribution >= 0.6 is 27.3 Å². The number of benzene rings is 1. The second-order valence-corrected chi connectivity index (χ2v) is 6.61. The molecule has 108 valence electrons. The van der Waals surface area contributed by atoms with Gasteiger partial charge in [0.05, 0.1) is 5.56 Å². The Hall–Kier alpha value is -1.86. The number of hydrogen-bond donors (Lipinski definition) is 3. The van der Waals surface area contributed by atoms with Gasteiger partial charge >= 0.3 is 6.03 Å². The van der Waals surface area contributed by atoms with Crippen molar-refractivity contribution < 1.29 is 9.59 Å². The predicted octanol–water partition coefficient (Wildman–Crippen LogP) is 2.87. The largest absolute Gasteiger partial charge is 0.365 e. The highest BCUT2D eigenvalue weighted by Crippen LogP contribution is 2.46. The Balaban J connectivity index is 2.23. The summed E-state index contributed by atoms with van der Waals surface area (Å²) in [5.41, 5.74) is 14.2. The fourth-order valence-corrected chi connectivity index (χ4v) is 4.53. The van der Waals surface area contributed by atoms with E-state index < -0.39 is 11.9 Å². The van der Waals surface area contributed by atoms with E-state index in [1.165, 1.54) is 16.9 Å². The lowest BCUT2D eigenvalue weighted by atomic mass is 9.89. The topological polar surface area (TPSA) is 98.2 Å². The van der Waals surface area contributed by atoms with Crippen LogP contribution in [0.3, 0.4) is 0 Å². The van der Waals surface area contributed by atoms with Crippen LogP contribution in [0, 0.1) is 0 Å². The van der Waals surface area contributed by atoms with E-state index in [4.69, 9.17) is 11.5 Å². The molecule has 7 heteroatoms. The Morgan fingerprint density at radius 1 is 1.19 bits per heavy atom. The van der Waals surface area contributed by atoms with Crippen LogP contribution in [0.4, 0.5) is 9.80 Å². The van der Waals surface area contributed by atoms with Gasteiger partial charge < -0.3 is 11.5 Å². The summed E-state index contributed by atoms with van der Waals surface area (Å²) in [5.74, 6) is -0.547. The van der Waals surface area contributed by atoms with Gasteiger partial charge in [0.2, 0.25) is 0 Å². The molecule has 1 aliphatic carbocycles. The highest BCUT2D eigenvalue weighted by atomic mass is 79.9. The zero-order chi connectivity index (χ0) is 15.1. The summed E-state index contributed by atoms with van der Waals surface area (Å²) in [7, 11) is 0. The molecule has 0 bridgehead atoms. The third-order valence-electron chi connectivity index (χ3n) is 3.48. The number of thiophene rings is 1. The lowest BCUT2D eigenvalue weighted by Crippen LogP contribution is -2.22. The van der Waals surface area contributed by atoms with Crippen molar-refractivity contribution in [2.24, 2.45) is 11.5 Å². The van der Waals surface area contributed by atoms with Gasteiger partial charge in [-0.1, -0.05) is 28.1 Å². The van der Waals surface area contributed by atoms with Crippen molar-refractivity contribution in [1.29, 1.82) is 0 Å². The van der Waals surface area contributed by atoms with Crippen molar-refractivity contribution in [3.05, 3.63) is 39.4 Å². The van der Waals surface area contributed by atoms with E-state index in [-0.39, 0.29) is 0 Å². The lowest BCUT2D eigenvalue weighted by molar-refractivity contribution is 0.100. The maximum Gasteiger partial charge on any atom is 0.317 e. The summed E-state index contributed by atoms with van der Waals surface area (Å²) in [5, 5.41) is 2.93. The smallest absolute Gasteiger partial charge is 0.317 e. The van der Waals surface area contributed by atoms with Crippen molar-refractivity contribution in [2.45, 2.75) is 12.8 Å². The number of fused-ring (bicyclic) bond motifs is 3. The number of carbonyl (C=O) groups excluding carboxylic acids is 2. The van der Waals surface area contributed by atoms with Crippen LogP contribution in [0.2, 0.25) is 0 Å². The van der Waals surface area contributed by atoms with Crippen LogP contribution in [-0.4, -0.2) is 11.9 Å². The Labute approximate surface area is 133 Å². The molecule has 5 nitrogen and oxygen atoms in total. The first-order valence-corrected chi connectivity index (χ1v) is 7.89. The Kier molecular flexibility index (Phi) is 3.46. The third-order valence-corrected chi connectivity index (χ3v) is 5.40. The quantitative estimate of drug-likeness (QED) is 0.762. The second-order valence-electron chi connectivity index (χ2n) is 4.73. The van der Waals surface area contributed by atoms with Gasteiger partial charge in [0, 0.05) is 9.35 Å². The average molecular weight is 366 g/mol. The molecule has 0 aliphatic heterocycles. The van der Waals surface area contributed by atoms with Gasteiger partial charge in [-0.2, -0.15) is 0 Å². The number of rotatable bonds is 2. The monoisotopic (exact) mass is 365 g/mol. The van der Waals surface area contributed by atoms with Gasteiger partial charge in [0.15, 0.2) is 0 Å². The van der Waals surface area contributed by atoms with Crippen LogP contribution in [0.25, 0.3) is 10.4 Å². The molecule has 0 saturated carbocycles. The molecule has 2 aromatic rings. The fourth-order valence-electron chi connectivity index (χ4n) is 2.66. The van der Waals surface area contributed by atoms with Crippen LogP contribution in [-0.2, 0) is 12.8 Å². The van der Waals surface area contributed by atoms with Crippen molar-refractivity contribution in [1.82, 2.24) is 0 Å². The summed E-state index contributed by atoms with van der Waals surface area (Å²) in [6.45, 7) is 0. The standard InChI is InChI=1S/C14H12BrN3O2S/c15-9-3-1-2-7-6(9)4-5-8-10(12(16)19)13(18-14(17)20)21-11(7)8/h1-3H,4-5H2,(H2,16,19)(H3,17,18,20). The zero-order valence-corrected chi connectivity index (χ0v) is 13.3. The summed E-state index contributed by atoms with van der Waals surface area (Å²) < 4.78 is 1.05. The molecule has 0 spiro atoms. The van der Waals surface area contributed by atoms with Crippen LogP contribution in [0.5, 0.6) is 0 Å². The van der Waals surface area contributed by atoms with Crippen molar-refractivity contribution >= 4 is 44.2 Å². The maximum atomic E-state index is 11.7. The minimum atomic E-state index is -0.703. The molecule has 1 aliphatic rings. The predicted molar refractivity (Wildman–Crippen MR) is 86.6 cm³/mol. The number of nitrogens with one attached hydrogen (secondary N) is 1. The molecular weight excluding hydrogens is 354 g/mol. The summed E-state index contributed by atoms with van der Waals surface area (Å²) in [4.78, 5) is 23.8. The van der Waals surface area contributed by atoms with Crippen molar-refractivity contribution in [3.63, 3.8) is 0 Å². The molecule has 1 heterocycles. The number of nitrogens with two attached hydrogens (primary N) is 2. The van der Waals surface area contributed by atoms with E-state index in [0.717, 1.165) is 26.9 Å². The molecule has 1 aromatic carbocycles. The zero-order valence-electron chi connectivity index (χ0n) is 10.9.